The molecule has 208 valence electrons. The highest BCUT2D eigenvalue weighted by molar-refractivity contribution is 9.10. The summed E-state index contributed by atoms with van der Waals surface area (Å²) >= 11 is 4.79. The molecule has 0 aliphatic rings. The summed E-state index contributed by atoms with van der Waals surface area (Å²) < 4.78 is 6.35. The molecule has 0 fully saturated rings. The van der Waals surface area contributed by atoms with E-state index in [1.807, 2.05) is 61.5 Å². The molecule has 0 saturated carbocycles. The zero-order chi connectivity index (χ0) is 29.2. The van der Waals surface area contributed by atoms with Gasteiger partial charge in [-0.15, -0.1) is 11.8 Å². The van der Waals surface area contributed by atoms with Crippen molar-refractivity contribution in [1.29, 1.82) is 0 Å². The van der Waals surface area contributed by atoms with Gasteiger partial charge in [-0.1, -0.05) is 52.3 Å². The maximum Gasteiger partial charge on any atom is 0.272 e. The largest absolute Gasteiger partial charge is 0.496 e. The number of carbonyl (C=O) groups is 3. The molecule has 0 aromatic heterocycles. The van der Waals surface area contributed by atoms with Gasteiger partial charge in [0.25, 0.3) is 11.8 Å². The fourth-order valence-electron chi connectivity index (χ4n) is 3.73. The third kappa shape index (κ3) is 8.57. The highest BCUT2D eigenvalue weighted by Gasteiger charge is 2.17. The number of methoxy groups -OCH3 is 1. The maximum atomic E-state index is 13.3. The average molecular weight is 631 g/mol. The van der Waals surface area contributed by atoms with Gasteiger partial charge in [0.1, 0.15) is 11.4 Å². The predicted molar refractivity (Wildman–Crippen MR) is 168 cm³/mol. The molecule has 0 saturated heterocycles. The van der Waals surface area contributed by atoms with Crippen LogP contribution in [0, 0.1) is 0 Å². The van der Waals surface area contributed by atoms with Crippen LogP contribution in [0.3, 0.4) is 0 Å². The summed E-state index contributed by atoms with van der Waals surface area (Å²) in [7, 11) is 1.54. The van der Waals surface area contributed by atoms with Gasteiger partial charge in [-0.25, -0.2) is 0 Å². The molecule has 0 aliphatic carbocycles. The average Bonchev–Trinajstić information content (AvgIpc) is 2.99. The second-order valence-electron chi connectivity index (χ2n) is 8.85. The van der Waals surface area contributed by atoms with Gasteiger partial charge < -0.3 is 20.7 Å². The van der Waals surface area contributed by atoms with E-state index in [9.17, 15) is 14.4 Å². The molecule has 4 aromatic rings. The van der Waals surface area contributed by atoms with E-state index in [0.717, 1.165) is 15.1 Å². The summed E-state index contributed by atoms with van der Waals surface area (Å²) in [6.07, 6.45) is 1.57. The first kappa shape index (κ1) is 29.6. The smallest absolute Gasteiger partial charge is 0.272 e. The van der Waals surface area contributed by atoms with Crippen LogP contribution in [0.2, 0.25) is 0 Å². The minimum Gasteiger partial charge on any atom is -0.496 e. The molecular formula is C32H28BrN3O4S. The topological polar surface area (TPSA) is 96.5 Å². The summed E-state index contributed by atoms with van der Waals surface area (Å²) in [5.41, 5.74) is 2.37. The summed E-state index contributed by atoms with van der Waals surface area (Å²) in [5.74, 6) is -0.465. The first-order valence-corrected chi connectivity index (χ1v) is 14.4. The lowest BCUT2D eigenvalue weighted by Crippen LogP contribution is -2.30. The lowest BCUT2D eigenvalue weighted by Gasteiger charge is -2.14. The summed E-state index contributed by atoms with van der Waals surface area (Å²) in [6.45, 7) is 1.83. The van der Waals surface area contributed by atoms with Gasteiger partial charge >= 0.3 is 0 Å². The van der Waals surface area contributed by atoms with Crippen LogP contribution < -0.4 is 20.7 Å². The minimum atomic E-state index is -0.497. The van der Waals surface area contributed by atoms with E-state index in [1.165, 1.54) is 11.8 Å². The maximum absolute atomic E-state index is 13.3. The molecule has 1 atom stereocenters. The number of rotatable bonds is 10. The third-order valence-electron chi connectivity index (χ3n) is 5.87. The zero-order valence-electron chi connectivity index (χ0n) is 22.4. The van der Waals surface area contributed by atoms with Gasteiger partial charge in [-0.05, 0) is 79.7 Å². The normalized spacial score (nSPS) is 11.7. The standard InChI is InChI=1S/C32H28BrN3O4S/c1-21(30(37)34-25-14-12-24(33)13-15-25)41-27-18-16-26(17-19-27)35-32(39)28(20-23-10-6-7-11-29(23)40-2)36-31(38)22-8-4-3-5-9-22/h3-21H,1-2H3,(H,34,37)(H,35,39)(H,36,38)/b28-20-. The summed E-state index contributed by atoms with van der Waals surface area (Å²) in [5, 5.41) is 8.13. The van der Waals surface area contributed by atoms with Crippen molar-refractivity contribution in [3.05, 3.63) is 124 Å². The molecule has 3 amide bonds. The number of anilines is 2. The van der Waals surface area contributed by atoms with Gasteiger partial charge in [0.15, 0.2) is 0 Å². The Labute approximate surface area is 251 Å². The monoisotopic (exact) mass is 629 g/mol. The van der Waals surface area contributed by atoms with Crippen LogP contribution in [0.15, 0.2) is 118 Å². The van der Waals surface area contributed by atoms with E-state index in [-0.39, 0.29) is 16.9 Å². The van der Waals surface area contributed by atoms with Crippen LogP contribution in [-0.2, 0) is 9.59 Å². The molecule has 9 heteroatoms. The molecule has 4 rings (SSSR count). The Morgan fingerprint density at radius 3 is 2.10 bits per heavy atom. The number of benzene rings is 4. The number of amides is 3. The molecule has 3 N–H and O–H groups in total. The lowest BCUT2D eigenvalue weighted by molar-refractivity contribution is -0.115. The number of hydrogen-bond acceptors (Lipinski definition) is 5. The zero-order valence-corrected chi connectivity index (χ0v) is 24.8. The highest BCUT2D eigenvalue weighted by Crippen LogP contribution is 2.26. The summed E-state index contributed by atoms with van der Waals surface area (Å²) in [6, 6.07) is 30.4. The quantitative estimate of drug-likeness (QED) is 0.130. The van der Waals surface area contributed by atoms with Gasteiger partial charge in [0, 0.05) is 31.9 Å². The van der Waals surface area contributed by atoms with Gasteiger partial charge in [0.2, 0.25) is 5.91 Å². The molecule has 7 nitrogen and oxygen atoms in total. The van der Waals surface area contributed by atoms with E-state index in [0.29, 0.717) is 22.6 Å². The number of hydrogen-bond donors (Lipinski definition) is 3. The lowest BCUT2D eigenvalue weighted by atomic mass is 10.1. The molecule has 0 heterocycles. The fraction of sp³-hybridized carbons (Fsp3) is 0.0938. The van der Waals surface area contributed by atoms with Crippen LogP contribution in [0.5, 0.6) is 5.75 Å². The molecule has 0 bridgehead atoms. The van der Waals surface area contributed by atoms with Gasteiger partial charge in [0.05, 0.1) is 12.4 Å². The number of ether oxygens (including phenoxy) is 1. The number of nitrogens with one attached hydrogen (secondary N) is 3. The Balaban J connectivity index is 1.45. The van der Waals surface area contributed by atoms with E-state index in [1.54, 1.807) is 61.7 Å². The molecule has 0 spiro atoms. The number of carbonyl (C=O) groups excluding carboxylic acids is 3. The minimum absolute atomic E-state index is 0.0556. The van der Waals surface area contributed by atoms with Crippen molar-refractivity contribution in [1.82, 2.24) is 5.32 Å². The number of halogens is 1. The predicted octanol–water partition coefficient (Wildman–Crippen LogP) is 6.99. The van der Waals surface area contributed by atoms with Crippen molar-refractivity contribution in [3.63, 3.8) is 0 Å². The first-order valence-electron chi connectivity index (χ1n) is 12.7. The third-order valence-corrected chi connectivity index (χ3v) is 7.51. The molecule has 0 radical (unpaired) electrons. The van der Waals surface area contributed by atoms with Gasteiger partial charge in [-0.2, -0.15) is 0 Å². The van der Waals surface area contributed by atoms with Crippen LogP contribution in [0.25, 0.3) is 6.08 Å². The van der Waals surface area contributed by atoms with Crippen molar-refractivity contribution in [2.24, 2.45) is 0 Å². The molecule has 41 heavy (non-hydrogen) atoms. The van der Waals surface area contributed by atoms with Crippen LogP contribution in [0.1, 0.15) is 22.8 Å². The van der Waals surface area contributed by atoms with Crippen LogP contribution >= 0.6 is 27.7 Å². The number of para-hydroxylation sites is 1. The molecule has 4 aromatic carbocycles. The number of thioether (sulfide) groups is 1. The van der Waals surface area contributed by atoms with Crippen molar-refractivity contribution >= 4 is 62.9 Å². The van der Waals surface area contributed by atoms with E-state index >= 15 is 0 Å². The highest BCUT2D eigenvalue weighted by atomic mass is 79.9. The van der Waals surface area contributed by atoms with Crippen LogP contribution in [0.4, 0.5) is 11.4 Å². The second kappa shape index (κ2) is 14.3. The molecular weight excluding hydrogens is 602 g/mol. The molecule has 0 aliphatic heterocycles. The Kier molecular flexibility index (Phi) is 10.4. The van der Waals surface area contributed by atoms with Crippen molar-refractivity contribution in [3.8, 4) is 5.75 Å². The Morgan fingerprint density at radius 2 is 1.41 bits per heavy atom. The SMILES string of the molecule is COc1ccccc1/C=C(\NC(=O)c1ccccc1)C(=O)Nc1ccc(SC(C)C(=O)Nc2ccc(Br)cc2)cc1. The Morgan fingerprint density at radius 1 is 0.805 bits per heavy atom. The van der Waals surface area contributed by atoms with E-state index in [2.05, 4.69) is 31.9 Å². The Hall–Kier alpha value is -4.34. The van der Waals surface area contributed by atoms with Crippen molar-refractivity contribution in [2.75, 3.05) is 17.7 Å². The van der Waals surface area contributed by atoms with Gasteiger partial charge in [-0.3, -0.25) is 14.4 Å². The molecule has 1 unspecified atom stereocenters. The van der Waals surface area contributed by atoms with E-state index in [4.69, 9.17) is 4.74 Å². The summed E-state index contributed by atoms with van der Waals surface area (Å²) in [4.78, 5) is 39.7. The van der Waals surface area contributed by atoms with Crippen molar-refractivity contribution in [2.45, 2.75) is 17.1 Å². The Bertz CT molecular complexity index is 1540. The van der Waals surface area contributed by atoms with Crippen LogP contribution in [-0.4, -0.2) is 30.1 Å². The van der Waals surface area contributed by atoms with Crippen molar-refractivity contribution < 1.29 is 19.1 Å². The van der Waals surface area contributed by atoms with E-state index < -0.39 is 11.8 Å². The second-order valence-corrected chi connectivity index (χ2v) is 11.2. The first-order chi connectivity index (χ1) is 19.8. The fourth-order valence-corrected chi connectivity index (χ4v) is 4.87.